The Morgan fingerprint density at radius 3 is 2.90 bits per heavy atom. The van der Waals surface area contributed by atoms with Crippen molar-refractivity contribution in [3.63, 3.8) is 0 Å². The third-order valence-corrected chi connectivity index (χ3v) is 4.32. The maximum absolute atomic E-state index is 11.2. The Labute approximate surface area is 120 Å². The number of benzene rings is 1. The van der Waals surface area contributed by atoms with Crippen LogP contribution >= 0.6 is 0 Å². The summed E-state index contributed by atoms with van der Waals surface area (Å²) in [6.07, 6.45) is 1.88. The Hall–Kier alpha value is -1.39. The fourth-order valence-corrected chi connectivity index (χ4v) is 2.74. The first kappa shape index (κ1) is 15.0. The zero-order valence-electron chi connectivity index (χ0n) is 12.2. The number of likely N-dealkylation sites (N-methyl/N-ethyl adjacent to an activating group) is 1. The smallest absolute Gasteiger partial charge is 0.335 e. The highest BCUT2D eigenvalue weighted by Crippen LogP contribution is 2.20. The van der Waals surface area contributed by atoms with Gasteiger partial charge in [-0.05, 0) is 44.4 Å². The second-order valence-electron chi connectivity index (χ2n) is 5.56. The van der Waals surface area contributed by atoms with Gasteiger partial charge in [0.1, 0.15) is 0 Å². The summed E-state index contributed by atoms with van der Waals surface area (Å²) >= 11 is 0. The lowest BCUT2D eigenvalue weighted by atomic mass is 9.98. The highest BCUT2D eigenvalue weighted by Gasteiger charge is 2.25. The van der Waals surface area contributed by atoms with E-state index in [0.717, 1.165) is 38.2 Å². The van der Waals surface area contributed by atoms with E-state index < -0.39 is 5.97 Å². The molecule has 4 heteroatoms. The molecule has 0 spiro atoms. The SMILES string of the molecule is CC(C1CCOC1)N(C)CCc1ccccc1C(=O)O. The van der Waals surface area contributed by atoms with E-state index in [2.05, 4.69) is 18.9 Å². The van der Waals surface area contributed by atoms with Crippen LogP contribution < -0.4 is 0 Å². The molecule has 20 heavy (non-hydrogen) atoms. The summed E-state index contributed by atoms with van der Waals surface area (Å²) in [5.41, 5.74) is 1.32. The maximum Gasteiger partial charge on any atom is 0.335 e. The van der Waals surface area contributed by atoms with Crippen molar-refractivity contribution in [3.05, 3.63) is 35.4 Å². The Morgan fingerprint density at radius 2 is 2.25 bits per heavy atom. The predicted octanol–water partition coefficient (Wildman–Crippen LogP) is 2.28. The monoisotopic (exact) mass is 277 g/mol. The van der Waals surface area contributed by atoms with E-state index in [1.807, 2.05) is 12.1 Å². The Kier molecular flexibility index (Phi) is 5.15. The minimum atomic E-state index is -0.847. The van der Waals surface area contributed by atoms with Crippen LogP contribution in [0.5, 0.6) is 0 Å². The molecule has 2 unspecified atom stereocenters. The largest absolute Gasteiger partial charge is 0.478 e. The molecule has 2 rings (SSSR count). The third-order valence-electron chi connectivity index (χ3n) is 4.32. The van der Waals surface area contributed by atoms with Gasteiger partial charge in [-0.15, -0.1) is 0 Å². The second-order valence-corrected chi connectivity index (χ2v) is 5.56. The number of hydrogen-bond donors (Lipinski definition) is 1. The molecule has 2 atom stereocenters. The molecule has 4 nitrogen and oxygen atoms in total. The summed E-state index contributed by atoms with van der Waals surface area (Å²) in [6, 6.07) is 7.71. The average Bonchev–Trinajstić information content (AvgIpc) is 2.98. The topological polar surface area (TPSA) is 49.8 Å². The Balaban J connectivity index is 1.92. The van der Waals surface area contributed by atoms with Crippen molar-refractivity contribution in [2.75, 3.05) is 26.8 Å². The lowest BCUT2D eigenvalue weighted by Gasteiger charge is -2.29. The number of carboxylic acids is 1. The van der Waals surface area contributed by atoms with E-state index in [-0.39, 0.29) is 0 Å². The molecule has 1 aliphatic rings. The number of ether oxygens (including phenoxy) is 1. The van der Waals surface area contributed by atoms with Gasteiger partial charge in [-0.2, -0.15) is 0 Å². The van der Waals surface area contributed by atoms with Gasteiger partial charge < -0.3 is 14.7 Å². The van der Waals surface area contributed by atoms with Crippen LogP contribution in [0, 0.1) is 5.92 Å². The molecule has 110 valence electrons. The van der Waals surface area contributed by atoms with Crippen LogP contribution in [0.25, 0.3) is 0 Å². The number of hydrogen-bond acceptors (Lipinski definition) is 3. The van der Waals surface area contributed by atoms with Gasteiger partial charge in [-0.1, -0.05) is 18.2 Å². The fourth-order valence-electron chi connectivity index (χ4n) is 2.74. The van der Waals surface area contributed by atoms with Crippen LogP contribution in [-0.2, 0) is 11.2 Å². The van der Waals surface area contributed by atoms with Crippen LogP contribution in [0.1, 0.15) is 29.3 Å². The molecule has 1 heterocycles. The summed E-state index contributed by atoms with van der Waals surface area (Å²) in [4.78, 5) is 13.5. The standard InChI is InChI=1S/C16H23NO3/c1-12(14-8-10-20-11-14)17(2)9-7-13-5-3-4-6-15(13)16(18)19/h3-6,12,14H,7-11H2,1-2H3,(H,18,19). The highest BCUT2D eigenvalue weighted by atomic mass is 16.5. The summed E-state index contributed by atoms with van der Waals surface area (Å²) in [6.45, 7) is 4.80. The second kappa shape index (κ2) is 6.86. The number of rotatable bonds is 6. The van der Waals surface area contributed by atoms with E-state index in [0.29, 0.717) is 17.5 Å². The zero-order chi connectivity index (χ0) is 14.5. The maximum atomic E-state index is 11.2. The summed E-state index contributed by atoms with van der Waals surface area (Å²) < 4.78 is 5.44. The molecular formula is C16H23NO3. The minimum Gasteiger partial charge on any atom is -0.478 e. The van der Waals surface area contributed by atoms with Gasteiger partial charge >= 0.3 is 5.97 Å². The zero-order valence-corrected chi connectivity index (χ0v) is 12.2. The van der Waals surface area contributed by atoms with Crippen molar-refractivity contribution < 1.29 is 14.6 Å². The van der Waals surface area contributed by atoms with Crippen molar-refractivity contribution in [2.24, 2.45) is 5.92 Å². The van der Waals surface area contributed by atoms with Crippen LogP contribution in [0.4, 0.5) is 0 Å². The minimum absolute atomic E-state index is 0.415. The van der Waals surface area contributed by atoms with Gasteiger partial charge in [0.2, 0.25) is 0 Å². The van der Waals surface area contributed by atoms with Gasteiger partial charge in [-0.3, -0.25) is 0 Å². The van der Waals surface area contributed by atoms with E-state index in [1.165, 1.54) is 0 Å². The molecule has 0 saturated carbocycles. The molecule has 1 saturated heterocycles. The van der Waals surface area contributed by atoms with Gasteiger partial charge in [0, 0.05) is 19.2 Å². The number of nitrogens with zero attached hydrogens (tertiary/aromatic N) is 1. The molecule has 0 radical (unpaired) electrons. The predicted molar refractivity (Wildman–Crippen MR) is 78.1 cm³/mol. The van der Waals surface area contributed by atoms with Crippen molar-refractivity contribution >= 4 is 5.97 Å². The van der Waals surface area contributed by atoms with E-state index in [1.54, 1.807) is 12.1 Å². The van der Waals surface area contributed by atoms with Crippen LogP contribution in [0.15, 0.2) is 24.3 Å². The molecule has 1 aromatic rings. The number of carbonyl (C=O) groups is 1. The van der Waals surface area contributed by atoms with E-state index in [9.17, 15) is 9.90 Å². The van der Waals surface area contributed by atoms with Gasteiger partial charge in [0.05, 0.1) is 12.2 Å². The molecular weight excluding hydrogens is 254 g/mol. The molecule has 1 N–H and O–H groups in total. The van der Waals surface area contributed by atoms with E-state index >= 15 is 0 Å². The van der Waals surface area contributed by atoms with Crippen molar-refractivity contribution in [1.29, 1.82) is 0 Å². The van der Waals surface area contributed by atoms with Crippen molar-refractivity contribution in [1.82, 2.24) is 4.90 Å². The Morgan fingerprint density at radius 1 is 1.50 bits per heavy atom. The first-order valence-corrected chi connectivity index (χ1v) is 7.18. The Bertz CT molecular complexity index is 455. The molecule has 1 fully saturated rings. The molecule has 1 aromatic carbocycles. The third kappa shape index (κ3) is 3.58. The van der Waals surface area contributed by atoms with Crippen LogP contribution in [-0.4, -0.2) is 48.8 Å². The van der Waals surface area contributed by atoms with Gasteiger partial charge in [-0.25, -0.2) is 4.79 Å². The summed E-state index contributed by atoms with van der Waals surface area (Å²) in [5.74, 6) is -0.254. The van der Waals surface area contributed by atoms with Gasteiger partial charge in [0.25, 0.3) is 0 Å². The lowest BCUT2D eigenvalue weighted by molar-refractivity contribution is 0.0695. The first-order chi connectivity index (χ1) is 9.59. The van der Waals surface area contributed by atoms with Crippen molar-refractivity contribution in [3.8, 4) is 0 Å². The summed E-state index contributed by atoms with van der Waals surface area (Å²) in [5, 5.41) is 9.18. The fraction of sp³-hybridized carbons (Fsp3) is 0.562. The summed E-state index contributed by atoms with van der Waals surface area (Å²) in [7, 11) is 2.10. The molecule has 0 amide bonds. The van der Waals surface area contributed by atoms with Gasteiger partial charge in [0.15, 0.2) is 0 Å². The average molecular weight is 277 g/mol. The molecule has 0 aliphatic carbocycles. The van der Waals surface area contributed by atoms with Crippen LogP contribution in [0.2, 0.25) is 0 Å². The first-order valence-electron chi connectivity index (χ1n) is 7.18. The van der Waals surface area contributed by atoms with E-state index in [4.69, 9.17) is 4.74 Å². The molecule has 0 aromatic heterocycles. The normalized spacial score (nSPS) is 20.2. The highest BCUT2D eigenvalue weighted by molar-refractivity contribution is 5.89. The van der Waals surface area contributed by atoms with Crippen LogP contribution in [0.3, 0.4) is 0 Å². The quantitative estimate of drug-likeness (QED) is 0.866. The number of aromatic carboxylic acids is 1. The van der Waals surface area contributed by atoms with Crippen molar-refractivity contribution in [2.45, 2.75) is 25.8 Å². The molecule has 1 aliphatic heterocycles. The lowest BCUT2D eigenvalue weighted by Crippen LogP contribution is -2.37. The molecule has 0 bridgehead atoms. The number of carboxylic acid groups (broad SMARTS) is 1.